The minimum Gasteiger partial charge on any atom is -0.406 e. The van der Waals surface area contributed by atoms with E-state index in [2.05, 4.69) is 93.7 Å². The van der Waals surface area contributed by atoms with Crippen molar-refractivity contribution < 1.29 is 4.43 Å². The Bertz CT molecular complexity index is 639. The third kappa shape index (κ3) is 4.09. The Kier molecular flexibility index (Phi) is 6.28. The van der Waals surface area contributed by atoms with Crippen LogP contribution in [0.2, 0.25) is 5.04 Å². The summed E-state index contributed by atoms with van der Waals surface area (Å²) in [6.45, 7) is 11.1. The van der Waals surface area contributed by atoms with Crippen molar-refractivity contribution in [3.63, 3.8) is 0 Å². The molecule has 0 saturated carbocycles. The predicted molar refractivity (Wildman–Crippen MR) is 117 cm³/mol. The molecule has 1 heterocycles. The highest BCUT2D eigenvalue weighted by atomic mass is 32.2. The first-order chi connectivity index (χ1) is 12.4. The van der Waals surface area contributed by atoms with Crippen LogP contribution in [0.4, 0.5) is 0 Å². The van der Waals surface area contributed by atoms with Gasteiger partial charge in [-0.25, -0.2) is 0 Å². The highest BCUT2D eigenvalue weighted by Gasteiger charge is 2.50. The van der Waals surface area contributed by atoms with Crippen molar-refractivity contribution >= 4 is 30.5 Å². The maximum Gasteiger partial charge on any atom is 0.261 e. The van der Waals surface area contributed by atoms with Gasteiger partial charge in [-0.15, -0.1) is 0 Å². The van der Waals surface area contributed by atoms with Crippen molar-refractivity contribution in [1.82, 2.24) is 5.32 Å². The van der Waals surface area contributed by atoms with Crippen LogP contribution in [0, 0.1) is 0 Å². The number of benzene rings is 2. The van der Waals surface area contributed by atoms with E-state index in [4.69, 9.17) is 4.43 Å². The predicted octanol–water partition coefficient (Wildman–Crippen LogP) is 3.66. The molecule has 2 nitrogen and oxygen atoms in total. The van der Waals surface area contributed by atoms with Gasteiger partial charge >= 0.3 is 0 Å². The van der Waals surface area contributed by atoms with Crippen LogP contribution in [0.25, 0.3) is 0 Å². The molecule has 0 spiro atoms. The third-order valence-corrected chi connectivity index (χ3v) is 11.6. The quantitative estimate of drug-likeness (QED) is 0.794. The standard InChI is InChI=1S/C22H31NOSSi/c1-18-17-25-19(15-23-18)16-24-26(22(2,3)4,20-11-7-5-8-12-20)21-13-9-6-10-14-21/h5-14,18-19,23H,15-17H2,1-4H3/t18-,19+/m1/s1. The van der Waals surface area contributed by atoms with Crippen molar-refractivity contribution in [2.45, 2.75) is 44.0 Å². The lowest BCUT2D eigenvalue weighted by Gasteiger charge is -2.44. The van der Waals surface area contributed by atoms with E-state index in [0.29, 0.717) is 11.3 Å². The topological polar surface area (TPSA) is 21.3 Å². The van der Waals surface area contributed by atoms with E-state index in [-0.39, 0.29) is 5.04 Å². The van der Waals surface area contributed by atoms with Crippen LogP contribution in [0.1, 0.15) is 27.7 Å². The number of nitrogens with one attached hydrogen (secondary N) is 1. The minimum absolute atomic E-state index is 0.0513. The Morgan fingerprint density at radius 2 is 1.54 bits per heavy atom. The maximum absolute atomic E-state index is 7.02. The second-order valence-corrected chi connectivity index (χ2v) is 13.9. The Morgan fingerprint density at radius 1 is 1.00 bits per heavy atom. The number of hydrogen-bond acceptors (Lipinski definition) is 3. The van der Waals surface area contributed by atoms with Gasteiger partial charge in [-0.2, -0.15) is 11.8 Å². The van der Waals surface area contributed by atoms with Crippen molar-refractivity contribution in [3.05, 3.63) is 60.7 Å². The highest BCUT2D eigenvalue weighted by molar-refractivity contribution is 8.00. The molecule has 0 aromatic heterocycles. The van der Waals surface area contributed by atoms with Gasteiger partial charge in [0.25, 0.3) is 8.32 Å². The smallest absolute Gasteiger partial charge is 0.261 e. The first-order valence-corrected chi connectivity index (χ1v) is 12.5. The second-order valence-electron chi connectivity index (χ2n) is 8.24. The molecule has 0 amide bonds. The first-order valence-electron chi connectivity index (χ1n) is 9.53. The molecule has 4 heteroatoms. The molecule has 26 heavy (non-hydrogen) atoms. The molecule has 1 aliphatic rings. The zero-order valence-corrected chi connectivity index (χ0v) is 18.2. The van der Waals surface area contributed by atoms with E-state index in [1.165, 1.54) is 10.4 Å². The molecule has 2 aromatic carbocycles. The lowest BCUT2D eigenvalue weighted by Crippen LogP contribution is -2.67. The summed E-state index contributed by atoms with van der Waals surface area (Å²) >= 11 is 2.05. The normalized spacial score (nSPS) is 21.5. The molecule has 0 bridgehead atoms. The van der Waals surface area contributed by atoms with Crippen molar-refractivity contribution in [2.24, 2.45) is 0 Å². The fourth-order valence-corrected chi connectivity index (χ4v) is 9.60. The summed E-state index contributed by atoms with van der Waals surface area (Å²) in [5, 5.41) is 6.90. The molecule has 0 unspecified atom stereocenters. The van der Waals surface area contributed by atoms with Gasteiger partial charge in [0.1, 0.15) is 0 Å². The van der Waals surface area contributed by atoms with Gasteiger partial charge in [0, 0.05) is 30.2 Å². The lowest BCUT2D eigenvalue weighted by molar-refractivity contribution is 0.291. The summed E-state index contributed by atoms with van der Waals surface area (Å²) in [5.74, 6) is 1.16. The van der Waals surface area contributed by atoms with Crippen LogP contribution in [0.15, 0.2) is 60.7 Å². The Morgan fingerprint density at radius 3 is 1.96 bits per heavy atom. The average Bonchev–Trinajstić information content (AvgIpc) is 2.64. The highest BCUT2D eigenvalue weighted by Crippen LogP contribution is 2.37. The summed E-state index contributed by atoms with van der Waals surface area (Å²) in [7, 11) is -2.39. The van der Waals surface area contributed by atoms with Crippen LogP contribution >= 0.6 is 11.8 Å². The molecular weight excluding hydrogens is 354 g/mol. The van der Waals surface area contributed by atoms with Gasteiger partial charge in [0.05, 0.1) is 0 Å². The van der Waals surface area contributed by atoms with Crippen LogP contribution in [-0.4, -0.2) is 38.5 Å². The van der Waals surface area contributed by atoms with Gasteiger partial charge in [-0.05, 0) is 22.3 Å². The molecule has 2 atom stereocenters. The van der Waals surface area contributed by atoms with E-state index in [9.17, 15) is 0 Å². The molecule has 0 aliphatic carbocycles. The minimum atomic E-state index is -2.39. The molecule has 1 aliphatic heterocycles. The van der Waals surface area contributed by atoms with E-state index in [1.54, 1.807) is 0 Å². The zero-order valence-electron chi connectivity index (χ0n) is 16.4. The summed E-state index contributed by atoms with van der Waals surface area (Å²) in [6, 6.07) is 22.4. The monoisotopic (exact) mass is 385 g/mol. The van der Waals surface area contributed by atoms with Crippen molar-refractivity contribution in [1.29, 1.82) is 0 Å². The van der Waals surface area contributed by atoms with E-state index in [0.717, 1.165) is 18.9 Å². The van der Waals surface area contributed by atoms with Gasteiger partial charge < -0.3 is 9.74 Å². The number of rotatable bonds is 5. The number of thioether (sulfide) groups is 1. The molecule has 1 N–H and O–H groups in total. The Balaban J connectivity index is 1.97. The summed E-state index contributed by atoms with van der Waals surface area (Å²) < 4.78 is 7.02. The molecular formula is C22H31NOSSi. The summed E-state index contributed by atoms with van der Waals surface area (Å²) in [4.78, 5) is 0. The molecule has 2 aromatic rings. The summed E-state index contributed by atoms with van der Waals surface area (Å²) in [5.41, 5.74) is 0. The zero-order chi connectivity index (χ0) is 18.6. The van der Waals surface area contributed by atoms with Crippen molar-refractivity contribution in [3.8, 4) is 0 Å². The number of hydrogen-bond donors (Lipinski definition) is 1. The van der Waals surface area contributed by atoms with Gasteiger partial charge in [0.15, 0.2) is 0 Å². The average molecular weight is 386 g/mol. The van der Waals surface area contributed by atoms with Crippen molar-refractivity contribution in [2.75, 3.05) is 18.9 Å². The largest absolute Gasteiger partial charge is 0.406 e. The van der Waals surface area contributed by atoms with Crippen LogP contribution in [0.3, 0.4) is 0 Å². The lowest BCUT2D eigenvalue weighted by atomic mass is 10.2. The third-order valence-electron chi connectivity index (χ3n) is 5.18. The van der Waals surface area contributed by atoms with Crippen LogP contribution < -0.4 is 15.7 Å². The molecule has 1 saturated heterocycles. The van der Waals surface area contributed by atoms with E-state index < -0.39 is 8.32 Å². The van der Waals surface area contributed by atoms with E-state index in [1.807, 2.05) is 11.8 Å². The van der Waals surface area contributed by atoms with Gasteiger partial charge in [0.2, 0.25) is 0 Å². The Labute approximate surface area is 163 Å². The fourth-order valence-electron chi connectivity index (χ4n) is 3.82. The SMILES string of the molecule is C[C@@H]1CS[C@H](CO[Si](c2ccccc2)(c2ccccc2)C(C)(C)C)CN1. The van der Waals surface area contributed by atoms with Crippen LogP contribution in [0.5, 0.6) is 0 Å². The molecule has 1 fully saturated rings. The molecule has 3 rings (SSSR count). The molecule has 0 radical (unpaired) electrons. The Hall–Kier alpha value is -1.07. The van der Waals surface area contributed by atoms with Gasteiger partial charge in [-0.3, -0.25) is 0 Å². The van der Waals surface area contributed by atoms with Crippen LogP contribution in [-0.2, 0) is 4.43 Å². The summed E-state index contributed by atoms with van der Waals surface area (Å²) in [6.07, 6.45) is 0. The first kappa shape index (κ1) is 19.7. The molecule has 140 valence electrons. The second kappa shape index (κ2) is 8.30. The fraction of sp³-hybridized carbons (Fsp3) is 0.455. The van der Waals surface area contributed by atoms with E-state index >= 15 is 0 Å². The maximum atomic E-state index is 7.02. The van der Waals surface area contributed by atoms with Gasteiger partial charge in [-0.1, -0.05) is 81.4 Å².